The number of nitrogens with one attached hydrogen (secondary N) is 3. The van der Waals surface area contributed by atoms with Gasteiger partial charge in [-0.1, -0.05) is 12.1 Å². The van der Waals surface area contributed by atoms with Crippen molar-refractivity contribution in [3.63, 3.8) is 0 Å². The minimum atomic E-state index is -0.118. The lowest BCUT2D eigenvalue weighted by molar-refractivity contribution is -0.114. The van der Waals surface area contributed by atoms with Gasteiger partial charge < -0.3 is 20.7 Å². The molecule has 0 aliphatic rings. The van der Waals surface area contributed by atoms with Crippen LogP contribution in [0.4, 0.5) is 11.4 Å². The molecule has 0 spiro atoms. The molecule has 134 valence electrons. The zero-order valence-corrected chi connectivity index (χ0v) is 15.2. The van der Waals surface area contributed by atoms with Crippen LogP contribution in [0.25, 0.3) is 0 Å². The van der Waals surface area contributed by atoms with E-state index in [9.17, 15) is 4.79 Å². The Kier molecular flexibility index (Phi) is 7.40. The van der Waals surface area contributed by atoms with Gasteiger partial charge in [0.15, 0.2) is 5.11 Å². The van der Waals surface area contributed by atoms with Crippen LogP contribution < -0.4 is 20.7 Å². The number of benzene rings is 2. The number of nitriles is 1. The molecule has 2 aromatic rings. The maximum atomic E-state index is 11.1. The number of carbonyl (C=O) groups is 1. The quantitative estimate of drug-likeness (QED) is 0.514. The van der Waals surface area contributed by atoms with Gasteiger partial charge in [0.2, 0.25) is 5.91 Å². The Morgan fingerprint density at radius 3 is 2.62 bits per heavy atom. The minimum absolute atomic E-state index is 0.118. The second-order valence-corrected chi connectivity index (χ2v) is 5.89. The summed E-state index contributed by atoms with van der Waals surface area (Å²) in [6, 6.07) is 16.5. The van der Waals surface area contributed by atoms with Gasteiger partial charge in [-0.15, -0.1) is 0 Å². The van der Waals surface area contributed by atoms with E-state index in [1.54, 1.807) is 30.3 Å². The van der Waals surface area contributed by atoms with Crippen molar-refractivity contribution in [1.82, 2.24) is 5.32 Å². The highest BCUT2D eigenvalue weighted by atomic mass is 32.1. The largest absolute Gasteiger partial charge is 0.493 e. The molecule has 7 heteroatoms. The third kappa shape index (κ3) is 6.79. The summed E-state index contributed by atoms with van der Waals surface area (Å²) in [6.07, 6.45) is 0.754. The van der Waals surface area contributed by atoms with Crippen LogP contribution in [0, 0.1) is 11.3 Å². The molecule has 0 fully saturated rings. The molecule has 0 heterocycles. The number of nitrogens with zero attached hydrogens (tertiary/aromatic N) is 1. The Labute approximate surface area is 158 Å². The van der Waals surface area contributed by atoms with Crippen LogP contribution in [-0.4, -0.2) is 24.2 Å². The van der Waals surface area contributed by atoms with E-state index < -0.39 is 0 Å². The average molecular weight is 368 g/mol. The summed E-state index contributed by atoms with van der Waals surface area (Å²) in [5, 5.41) is 18.2. The maximum absolute atomic E-state index is 11.1. The predicted octanol–water partition coefficient (Wildman–Crippen LogP) is 3.27. The van der Waals surface area contributed by atoms with E-state index >= 15 is 0 Å². The van der Waals surface area contributed by atoms with Crippen molar-refractivity contribution in [3.05, 3.63) is 54.1 Å². The third-order valence-corrected chi connectivity index (χ3v) is 3.53. The van der Waals surface area contributed by atoms with Crippen molar-refractivity contribution in [2.75, 3.05) is 23.8 Å². The van der Waals surface area contributed by atoms with E-state index in [1.165, 1.54) is 6.92 Å². The number of rotatable bonds is 7. The SMILES string of the molecule is CC(=O)Nc1cccc(OCCCNC(=S)Nc2cccc(C#N)c2)c1. The lowest BCUT2D eigenvalue weighted by Crippen LogP contribution is -2.30. The fourth-order valence-electron chi connectivity index (χ4n) is 2.17. The molecule has 0 bridgehead atoms. The summed E-state index contributed by atoms with van der Waals surface area (Å²) >= 11 is 5.23. The third-order valence-electron chi connectivity index (χ3n) is 3.28. The molecular weight excluding hydrogens is 348 g/mol. The zero-order chi connectivity index (χ0) is 18.8. The second kappa shape index (κ2) is 10.0. The number of hydrogen-bond acceptors (Lipinski definition) is 4. The highest BCUT2D eigenvalue weighted by Gasteiger charge is 2.01. The fraction of sp³-hybridized carbons (Fsp3) is 0.211. The molecule has 3 N–H and O–H groups in total. The van der Waals surface area contributed by atoms with Crippen LogP contribution in [0.2, 0.25) is 0 Å². The number of hydrogen-bond donors (Lipinski definition) is 3. The van der Waals surface area contributed by atoms with Gasteiger partial charge in [-0.05, 0) is 49.0 Å². The smallest absolute Gasteiger partial charge is 0.221 e. The first kappa shape index (κ1) is 19.2. The number of anilines is 2. The molecule has 0 aliphatic carbocycles. The fourth-order valence-corrected chi connectivity index (χ4v) is 2.39. The summed E-state index contributed by atoms with van der Waals surface area (Å²) < 4.78 is 5.67. The van der Waals surface area contributed by atoms with E-state index in [1.807, 2.05) is 18.2 Å². The maximum Gasteiger partial charge on any atom is 0.221 e. The average Bonchev–Trinajstić information content (AvgIpc) is 2.61. The standard InChI is InChI=1S/C19H20N4O2S/c1-14(24)22-17-7-3-8-18(12-17)25-10-4-9-21-19(26)23-16-6-2-5-15(11-16)13-20/h2-3,5-8,11-12H,4,9-10H2,1H3,(H,22,24)(H2,21,23,26). The second-order valence-electron chi connectivity index (χ2n) is 5.48. The molecule has 1 amide bonds. The molecule has 0 atom stereocenters. The van der Waals surface area contributed by atoms with E-state index in [4.69, 9.17) is 22.2 Å². The molecule has 0 aliphatic heterocycles. The van der Waals surface area contributed by atoms with Gasteiger partial charge in [0, 0.05) is 30.9 Å². The first-order valence-corrected chi connectivity index (χ1v) is 8.53. The van der Waals surface area contributed by atoms with E-state index in [-0.39, 0.29) is 5.91 Å². The normalized spacial score (nSPS) is 9.69. The molecule has 2 aromatic carbocycles. The van der Waals surface area contributed by atoms with Crippen LogP contribution in [0.5, 0.6) is 5.75 Å². The minimum Gasteiger partial charge on any atom is -0.493 e. The summed E-state index contributed by atoms with van der Waals surface area (Å²) in [5.74, 6) is 0.581. The Hall–Kier alpha value is -3.11. The molecular formula is C19H20N4O2S. The van der Waals surface area contributed by atoms with Crippen molar-refractivity contribution in [2.24, 2.45) is 0 Å². The lowest BCUT2D eigenvalue weighted by atomic mass is 10.2. The molecule has 0 unspecified atom stereocenters. The summed E-state index contributed by atoms with van der Waals surface area (Å²) in [4.78, 5) is 11.1. The van der Waals surface area contributed by atoms with Crippen LogP contribution in [0.3, 0.4) is 0 Å². The van der Waals surface area contributed by atoms with Crippen LogP contribution in [-0.2, 0) is 4.79 Å². The number of carbonyl (C=O) groups excluding carboxylic acids is 1. The van der Waals surface area contributed by atoms with Gasteiger partial charge in [0.05, 0.1) is 18.2 Å². The van der Waals surface area contributed by atoms with E-state index in [2.05, 4.69) is 22.0 Å². The van der Waals surface area contributed by atoms with Crippen LogP contribution in [0.1, 0.15) is 18.9 Å². The van der Waals surface area contributed by atoms with Crippen molar-refractivity contribution < 1.29 is 9.53 Å². The Bertz CT molecular complexity index is 817. The van der Waals surface area contributed by atoms with Crippen LogP contribution >= 0.6 is 12.2 Å². The van der Waals surface area contributed by atoms with Gasteiger partial charge in [-0.3, -0.25) is 4.79 Å². The first-order valence-electron chi connectivity index (χ1n) is 8.12. The molecule has 0 aromatic heterocycles. The number of thiocarbonyl (C=S) groups is 1. The van der Waals surface area contributed by atoms with Gasteiger partial charge in [0.1, 0.15) is 5.75 Å². The van der Waals surface area contributed by atoms with Crippen molar-refractivity contribution in [1.29, 1.82) is 5.26 Å². The molecule has 0 saturated heterocycles. The van der Waals surface area contributed by atoms with Gasteiger partial charge in [0.25, 0.3) is 0 Å². The summed E-state index contributed by atoms with van der Waals surface area (Å²) in [5.41, 5.74) is 2.05. The van der Waals surface area contributed by atoms with E-state index in [0.29, 0.717) is 35.3 Å². The Morgan fingerprint density at radius 2 is 1.88 bits per heavy atom. The Morgan fingerprint density at radius 1 is 1.15 bits per heavy atom. The summed E-state index contributed by atoms with van der Waals surface area (Å²) in [6.45, 7) is 2.63. The van der Waals surface area contributed by atoms with Crippen molar-refractivity contribution in [3.8, 4) is 11.8 Å². The van der Waals surface area contributed by atoms with Gasteiger partial charge in [-0.25, -0.2) is 0 Å². The van der Waals surface area contributed by atoms with Crippen LogP contribution in [0.15, 0.2) is 48.5 Å². The number of amides is 1. The number of ether oxygens (including phenoxy) is 1. The highest BCUT2D eigenvalue weighted by Crippen LogP contribution is 2.17. The van der Waals surface area contributed by atoms with Gasteiger partial charge >= 0.3 is 0 Å². The topological polar surface area (TPSA) is 86.2 Å². The van der Waals surface area contributed by atoms with E-state index in [0.717, 1.165) is 12.1 Å². The summed E-state index contributed by atoms with van der Waals surface area (Å²) in [7, 11) is 0. The Balaban J connectivity index is 1.68. The molecule has 6 nitrogen and oxygen atoms in total. The molecule has 0 saturated carbocycles. The van der Waals surface area contributed by atoms with Crippen molar-refractivity contribution in [2.45, 2.75) is 13.3 Å². The molecule has 2 rings (SSSR count). The monoisotopic (exact) mass is 368 g/mol. The molecule has 0 radical (unpaired) electrons. The molecule has 26 heavy (non-hydrogen) atoms. The van der Waals surface area contributed by atoms with Crippen molar-refractivity contribution >= 4 is 34.6 Å². The first-order chi connectivity index (χ1) is 12.6. The highest BCUT2D eigenvalue weighted by molar-refractivity contribution is 7.80. The van der Waals surface area contributed by atoms with Gasteiger partial charge in [-0.2, -0.15) is 5.26 Å². The lowest BCUT2D eigenvalue weighted by Gasteiger charge is -2.11. The predicted molar refractivity (Wildman–Crippen MR) is 106 cm³/mol. The zero-order valence-electron chi connectivity index (χ0n) is 14.4.